The summed E-state index contributed by atoms with van der Waals surface area (Å²) in [5, 5.41) is 0. The summed E-state index contributed by atoms with van der Waals surface area (Å²) < 4.78 is 17.0. The van der Waals surface area contributed by atoms with Gasteiger partial charge >= 0.3 is 0 Å². The van der Waals surface area contributed by atoms with Gasteiger partial charge in [-0.05, 0) is 63.6 Å². The minimum atomic E-state index is 0.00927. The standard InChI is InChI=1S/C22H29NO4/c1-3-25-18-10-7-17(8-11-18)9-12-20-16(2)21(24)14-22(23-20)27-15-19-6-4-5-13-26-19/h7-8,10-11,14,19H,3-6,9,12-13,15H2,1-2H3,(H,23,24)/t19-/m1/s1. The lowest BCUT2D eigenvalue weighted by Crippen LogP contribution is -2.26. The molecule has 1 aliphatic heterocycles. The van der Waals surface area contributed by atoms with Crippen molar-refractivity contribution in [3.05, 3.63) is 57.4 Å². The van der Waals surface area contributed by atoms with Crippen LogP contribution in [0.15, 0.2) is 35.1 Å². The number of nitrogens with one attached hydrogen (secondary N) is 1. The number of rotatable bonds is 8. The van der Waals surface area contributed by atoms with Crippen molar-refractivity contribution in [1.82, 2.24) is 4.98 Å². The molecule has 1 N–H and O–H groups in total. The third-order valence-electron chi connectivity index (χ3n) is 4.96. The number of hydrogen-bond acceptors (Lipinski definition) is 4. The fourth-order valence-electron chi connectivity index (χ4n) is 3.29. The third kappa shape index (κ3) is 5.60. The fourth-order valence-corrected chi connectivity index (χ4v) is 3.29. The van der Waals surface area contributed by atoms with Crippen LogP contribution in [0.5, 0.6) is 11.6 Å². The Morgan fingerprint density at radius 2 is 1.96 bits per heavy atom. The van der Waals surface area contributed by atoms with Gasteiger partial charge in [-0.2, -0.15) is 0 Å². The predicted molar refractivity (Wildman–Crippen MR) is 106 cm³/mol. The molecule has 1 atom stereocenters. The summed E-state index contributed by atoms with van der Waals surface area (Å²) in [5.41, 5.74) is 2.90. The maximum Gasteiger partial charge on any atom is 0.194 e. The van der Waals surface area contributed by atoms with Gasteiger partial charge in [0, 0.05) is 23.9 Å². The molecular weight excluding hydrogens is 342 g/mol. The Bertz CT molecular complexity index is 776. The Hall–Kier alpha value is -2.27. The minimum Gasteiger partial charge on any atom is -0.494 e. The predicted octanol–water partition coefficient (Wildman–Crippen LogP) is 3.82. The molecule has 5 nitrogen and oxygen atoms in total. The number of aryl methyl sites for hydroxylation is 2. The van der Waals surface area contributed by atoms with E-state index in [1.807, 2.05) is 26.0 Å². The molecular formula is C22H29NO4. The van der Waals surface area contributed by atoms with Crippen LogP contribution >= 0.6 is 0 Å². The Morgan fingerprint density at radius 1 is 1.15 bits per heavy atom. The highest BCUT2D eigenvalue weighted by atomic mass is 16.5. The lowest BCUT2D eigenvalue weighted by atomic mass is 10.0. The zero-order valence-electron chi connectivity index (χ0n) is 16.3. The van der Waals surface area contributed by atoms with Gasteiger partial charge in [-0.15, -0.1) is 0 Å². The van der Waals surface area contributed by atoms with Crippen molar-refractivity contribution in [1.29, 1.82) is 0 Å². The van der Waals surface area contributed by atoms with Gasteiger partial charge in [0.1, 0.15) is 12.4 Å². The highest BCUT2D eigenvalue weighted by Gasteiger charge is 2.15. The van der Waals surface area contributed by atoms with E-state index in [4.69, 9.17) is 14.2 Å². The van der Waals surface area contributed by atoms with Gasteiger partial charge in [0.15, 0.2) is 11.3 Å². The van der Waals surface area contributed by atoms with Crippen molar-refractivity contribution >= 4 is 0 Å². The van der Waals surface area contributed by atoms with E-state index in [9.17, 15) is 4.79 Å². The van der Waals surface area contributed by atoms with Gasteiger partial charge in [-0.1, -0.05) is 12.1 Å². The number of aromatic amines is 1. The smallest absolute Gasteiger partial charge is 0.194 e. The molecule has 27 heavy (non-hydrogen) atoms. The van der Waals surface area contributed by atoms with Crippen molar-refractivity contribution in [3.8, 4) is 11.6 Å². The van der Waals surface area contributed by atoms with Crippen LogP contribution in [0.2, 0.25) is 0 Å². The molecule has 2 aromatic rings. The quantitative estimate of drug-likeness (QED) is 0.766. The molecule has 0 saturated carbocycles. The average Bonchev–Trinajstić information content (AvgIpc) is 2.70. The monoisotopic (exact) mass is 371 g/mol. The molecule has 3 rings (SSSR count). The van der Waals surface area contributed by atoms with Gasteiger partial charge < -0.3 is 19.2 Å². The van der Waals surface area contributed by atoms with E-state index in [1.165, 1.54) is 12.0 Å². The summed E-state index contributed by atoms with van der Waals surface area (Å²) in [6.45, 7) is 5.78. The van der Waals surface area contributed by atoms with E-state index in [-0.39, 0.29) is 11.5 Å². The molecule has 1 aromatic heterocycles. The summed E-state index contributed by atoms with van der Waals surface area (Å²) in [6.07, 6.45) is 5.03. The van der Waals surface area contributed by atoms with Crippen molar-refractivity contribution < 1.29 is 14.2 Å². The molecule has 2 heterocycles. The number of benzene rings is 1. The molecule has 5 heteroatoms. The summed E-state index contributed by atoms with van der Waals surface area (Å²) in [7, 11) is 0. The second-order valence-corrected chi connectivity index (χ2v) is 6.98. The maximum atomic E-state index is 12.3. The molecule has 1 fully saturated rings. The molecule has 146 valence electrons. The Balaban J connectivity index is 1.61. The summed E-state index contributed by atoms with van der Waals surface area (Å²) in [6, 6.07) is 9.65. The lowest BCUT2D eigenvalue weighted by Gasteiger charge is -2.22. The number of aromatic nitrogens is 1. The van der Waals surface area contributed by atoms with E-state index >= 15 is 0 Å². The highest BCUT2D eigenvalue weighted by molar-refractivity contribution is 5.29. The first-order valence-corrected chi connectivity index (χ1v) is 9.84. The first-order valence-electron chi connectivity index (χ1n) is 9.84. The van der Waals surface area contributed by atoms with Crippen molar-refractivity contribution in [2.45, 2.75) is 52.1 Å². The molecule has 0 radical (unpaired) electrons. The van der Waals surface area contributed by atoms with Crippen molar-refractivity contribution in [2.75, 3.05) is 19.8 Å². The lowest BCUT2D eigenvalue weighted by molar-refractivity contribution is -0.0120. The van der Waals surface area contributed by atoms with Crippen LogP contribution in [0.3, 0.4) is 0 Å². The first-order chi connectivity index (χ1) is 13.2. The Kier molecular flexibility index (Phi) is 6.93. The van der Waals surface area contributed by atoms with Crippen LogP contribution in [-0.2, 0) is 17.6 Å². The van der Waals surface area contributed by atoms with Crippen molar-refractivity contribution in [3.63, 3.8) is 0 Å². The Morgan fingerprint density at radius 3 is 2.67 bits per heavy atom. The third-order valence-corrected chi connectivity index (χ3v) is 4.96. The van der Waals surface area contributed by atoms with Gasteiger partial charge in [0.05, 0.1) is 12.7 Å². The van der Waals surface area contributed by atoms with Gasteiger partial charge in [-0.3, -0.25) is 4.79 Å². The molecule has 0 bridgehead atoms. The molecule has 0 spiro atoms. The van der Waals surface area contributed by atoms with Crippen LogP contribution in [0.4, 0.5) is 0 Å². The number of H-pyrrole nitrogens is 1. The number of hydrogen-bond donors (Lipinski definition) is 1. The van der Waals surface area contributed by atoms with Crippen LogP contribution in [-0.4, -0.2) is 30.9 Å². The average molecular weight is 371 g/mol. The Labute approximate surface area is 160 Å². The van der Waals surface area contributed by atoms with Gasteiger partial charge in [0.2, 0.25) is 0 Å². The first kappa shape index (κ1) is 19.5. The van der Waals surface area contributed by atoms with Crippen LogP contribution in [0.1, 0.15) is 43.0 Å². The molecule has 0 amide bonds. The fraction of sp³-hybridized carbons (Fsp3) is 0.500. The van der Waals surface area contributed by atoms with E-state index in [0.717, 1.165) is 49.3 Å². The topological polar surface area (TPSA) is 60.6 Å². The van der Waals surface area contributed by atoms with E-state index in [2.05, 4.69) is 17.1 Å². The summed E-state index contributed by atoms with van der Waals surface area (Å²) in [5.74, 6) is 1.41. The number of pyridine rings is 1. The highest BCUT2D eigenvalue weighted by Crippen LogP contribution is 2.17. The van der Waals surface area contributed by atoms with Crippen LogP contribution in [0.25, 0.3) is 0 Å². The maximum absolute atomic E-state index is 12.3. The minimum absolute atomic E-state index is 0.00927. The molecule has 0 unspecified atom stereocenters. The van der Waals surface area contributed by atoms with Crippen LogP contribution < -0.4 is 14.9 Å². The number of ether oxygens (including phenoxy) is 3. The summed E-state index contributed by atoms with van der Waals surface area (Å²) >= 11 is 0. The molecule has 1 aromatic carbocycles. The zero-order chi connectivity index (χ0) is 19.1. The van der Waals surface area contributed by atoms with E-state index in [1.54, 1.807) is 6.07 Å². The molecule has 1 saturated heterocycles. The summed E-state index contributed by atoms with van der Waals surface area (Å²) in [4.78, 5) is 15.6. The van der Waals surface area contributed by atoms with Crippen LogP contribution in [0, 0.1) is 6.92 Å². The van der Waals surface area contributed by atoms with E-state index < -0.39 is 0 Å². The van der Waals surface area contributed by atoms with Gasteiger partial charge in [0.25, 0.3) is 0 Å². The van der Waals surface area contributed by atoms with E-state index in [0.29, 0.717) is 19.1 Å². The second kappa shape index (κ2) is 9.60. The normalized spacial score (nSPS) is 16.9. The second-order valence-electron chi connectivity index (χ2n) is 6.98. The zero-order valence-corrected chi connectivity index (χ0v) is 16.3. The van der Waals surface area contributed by atoms with Crippen molar-refractivity contribution in [2.24, 2.45) is 0 Å². The SMILES string of the molecule is CCOc1ccc(CCc2[nH]c(OC[C@H]3CCCCO3)cc(=O)c2C)cc1. The largest absolute Gasteiger partial charge is 0.494 e. The molecule has 0 aliphatic carbocycles. The molecule has 1 aliphatic rings. The van der Waals surface area contributed by atoms with Gasteiger partial charge in [-0.25, -0.2) is 0 Å².